The molecule has 0 saturated carbocycles. The molecule has 0 aromatic rings. The molecule has 0 radical (unpaired) electrons. The third kappa shape index (κ3) is 18.6. The maximum atomic E-state index is 10.3. The van der Waals surface area contributed by atoms with Gasteiger partial charge in [-0.05, 0) is 32.1 Å². The topological polar surface area (TPSA) is 57.5 Å². The van der Waals surface area contributed by atoms with Crippen LogP contribution in [-0.4, -0.2) is 22.3 Å². The number of carbonyl (C=O) groups is 1. The molecule has 0 spiro atoms. The summed E-state index contributed by atoms with van der Waals surface area (Å²) < 4.78 is 0. The van der Waals surface area contributed by atoms with Crippen LogP contribution in [0.1, 0.15) is 77.6 Å². The quantitative estimate of drug-likeness (QED) is 0.241. The third-order valence-corrected chi connectivity index (χ3v) is 3.63. The summed E-state index contributed by atoms with van der Waals surface area (Å²) in [5.74, 6) is -0.695. The van der Waals surface area contributed by atoms with E-state index in [0.717, 1.165) is 51.4 Å². The lowest BCUT2D eigenvalue weighted by Gasteiger charge is -2.02. The van der Waals surface area contributed by atoms with Crippen LogP contribution in [0.15, 0.2) is 36.5 Å². The molecule has 0 aliphatic rings. The van der Waals surface area contributed by atoms with E-state index in [1.54, 1.807) is 0 Å². The van der Waals surface area contributed by atoms with Gasteiger partial charge in [-0.3, -0.25) is 4.79 Å². The number of aliphatic carboxylic acids is 1. The molecule has 0 bridgehead atoms. The lowest BCUT2D eigenvalue weighted by Crippen LogP contribution is -2.00. The Labute approximate surface area is 141 Å². The van der Waals surface area contributed by atoms with Crippen LogP contribution in [0.3, 0.4) is 0 Å². The lowest BCUT2D eigenvalue weighted by molar-refractivity contribution is -0.137. The number of hydrogen-bond donors (Lipinski definition) is 2. The molecule has 0 unspecified atom stereocenters. The number of aliphatic hydroxyl groups excluding tert-OH is 1. The van der Waals surface area contributed by atoms with Crippen LogP contribution in [0.4, 0.5) is 0 Å². The first-order valence-corrected chi connectivity index (χ1v) is 9.05. The zero-order chi connectivity index (χ0) is 17.2. The molecular weight excluding hydrogens is 288 g/mol. The van der Waals surface area contributed by atoms with Crippen molar-refractivity contribution in [3.8, 4) is 0 Å². The van der Waals surface area contributed by atoms with Gasteiger partial charge in [0.1, 0.15) is 0 Å². The van der Waals surface area contributed by atoms with Gasteiger partial charge in [-0.15, -0.1) is 0 Å². The first kappa shape index (κ1) is 21.6. The Morgan fingerprint density at radius 1 is 0.957 bits per heavy atom. The summed E-state index contributed by atoms with van der Waals surface area (Å²) in [6.45, 7) is 2.16. The van der Waals surface area contributed by atoms with E-state index in [1.165, 1.54) is 12.8 Å². The summed E-state index contributed by atoms with van der Waals surface area (Å²) >= 11 is 0. The van der Waals surface area contributed by atoms with Crippen LogP contribution in [0.5, 0.6) is 0 Å². The molecule has 0 aromatic carbocycles. The van der Waals surface area contributed by atoms with E-state index in [1.807, 2.05) is 18.2 Å². The molecule has 0 aliphatic carbocycles. The van der Waals surface area contributed by atoms with E-state index >= 15 is 0 Å². The number of allylic oxidation sites excluding steroid dienone is 5. The Bertz CT molecular complexity index is 356. The van der Waals surface area contributed by atoms with Crippen LogP contribution in [-0.2, 0) is 4.79 Å². The highest BCUT2D eigenvalue weighted by Crippen LogP contribution is 2.06. The van der Waals surface area contributed by atoms with Gasteiger partial charge < -0.3 is 10.2 Å². The molecule has 1 atom stereocenters. The average molecular weight is 322 g/mol. The van der Waals surface area contributed by atoms with Crippen molar-refractivity contribution in [2.45, 2.75) is 83.7 Å². The van der Waals surface area contributed by atoms with E-state index in [4.69, 9.17) is 5.11 Å². The van der Waals surface area contributed by atoms with E-state index in [0.29, 0.717) is 6.42 Å². The molecule has 0 fully saturated rings. The van der Waals surface area contributed by atoms with E-state index < -0.39 is 5.97 Å². The number of unbranched alkanes of at least 4 members (excludes halogenated alkanes) is 6. The van der Waals surface area contributed by atoms with Gasteiger partial charge in [0.25, 0.3) is 0 Å². The summed E-state index contributed by atoms with van der Waals surface area (Å²) in [5.41, 5.74) is 0. The maximum absolute atomic E-state index is 10.3. The van der Waals surface area contributed by atoms with Crippen LogP contribution < -0.4 is 0 Å². The third-order valence-electron chi connectivity index (χ3n) is 3.63. The second-order valence-electron chi connectivity index (χ2n) is 5.93. The van der Waals surface area contributed by atoms with Crippen molar-refractivity contribution in [2.24, 2.45) is 0 Å². The van der Waals surface area contributed by atoms with E-state index in [9.17, 15) is 9.90 Å². The van der Waals surface area contributed by atoms with Gasteiger partial charge in [0, 0.05) is 6.42 Å². The fourth-order valence-electron chi connectivity index (χ4n) is 2.23. The van der Waals surface area contributed by atoms with Gasteiger partial charge in [-0.2, -0.15) is 0 Å². The fraction of sp³-hybridized carbons (Fsp3) is 0.650. The predicted octanol–water partition coefficient (Wildman–Crippen LogP) is 5.41. The molecule has 0 aromatic heterocycles. The van der Waals surface area contributed by atoms with Crippen LogP contribution in [0, 0.1) is 0 Å². The number of rotatable bonds is 15. The van der Waals surface area contributed by atoms with Crippen LogP contribution >= 0.6 is 0 Å². The molecule has 0 rings (SSSR count). The Hall–Kier alpha value is -1.35. The molecule has 3 nitrogen and oxygen atoms in total. The predicted molar refractivity (Wildman–Crippen MR) is 97.5 cm³/mol. The minimum Gasteiger partial charge on any atom is -0.481 e. The van der Waals surface area contributed by atoms with Gasteiger partial charge in [0.15, 0.2) is 0 Å². The summed E-state index contributed by atoms with van der Waals surface area (Å²) in [6.07, 6.45) is 22.5. The van der Waals surface area contributed by atoms with Gasteiger partial charge in [-0.25, -0.2) is 0 Å². The van der Waals surface area contributed by atoms with Crippen molar-refractivity contribution in [1.82, 2.24) is 0 Å². The Morgan fingerprint density at radius 3 is 2.48 bits per heavy atom. The lowest BCUT2D eigenvalue weighted by atomic mass is 10.1. The summed E-state index contributed by atoms with van der Waals surface area (Å²) in [6, 6.07) is 0. The Morgan fingerprint density at radius 2 is 1.74 bits per heavy atom. The summed E-state index contributed by atoms with van der Waals surface area (Å²) in [4.78, 5) is 10.3. The largest absolute Gasteiger partial charge is 0.481 e. The summed E-state index contributed by atoms with van der Waals surface area (Å²) in [5, 5.41) is 18.2. The van der Waals surface area contributed by atoms with Gasteiger partial charge in [-0.1, -0.05) is 75.5 Å². The van der Waals surface area contributed by atoms with Crippen molar-refractivity contribution >= 4 is 5.97 Å². The average Bonchev–Trinajstić information content (AvgIpc) is 2.51. The monoisotopic (exact) mass is 322 g/mol. The molecule has 3 heteroatoms. The van der Waals surface area contributed by atoms with Crippen molar-refractivity contribution < 1.29 is 15.0 Å². The molecule has 2 N–H and O–H groups in total. The molecular formula is C20H34O3. The number of carboxylic acids is 1. The summed E-state index contributed by atoms with van der Waals surface area (Å²) in [7, 11) is 0. The number of hydrogen-bond acceptors (Lipinski definition) is 2. The minimum absolute atomic E-state index is 0.293. The molecule has 0 amide bonds. The molecule has 0 saturated heterocycles. The standard InChI is InChI=1S/C20H34O3/c1-2-3-13-16-19(21)17-14-11-9-7-5-4-6-8-10-12-15-18-20(22)23/h4-5,9,11,14,17,19,21H,2-3,6-8,10,12-13,15-16,18H2,1H3,(H,22,23)/b5-4-,11-9-,17-14+/t19-/m0/s1. The van der Waals surface area contributed by atoms with Gasteiger partial charge >= 0.3 is 5.97 Å². The Kier molecular flexibility index (Phi) is 16.0. The minimum atomic E-state index is -0.695. The fourth-order valence-corrected chi connectivity index (χ4v) is 2.23. The van der Waals surface area contributed by atoms with Gasteiger partial charge in [0.2, 0.25) is 0 Å². The number of carboxylic acid groups (broad SMARTS) is 1. The van der Waals surface area contributed by atoms with Crippen LogP contribution in [0.25, 0.3) is 0 Å². The molecule has 0 heterocycles. The SMILES string of the molecule is CCCCC[C@H](O)/C=C/C=C\C/C=C\CCCCCCC(=O)O. The molecule has 23 heavy (non-hydrogen) atoms. The smallest absolute Gasteiger partial charge is 0.303 e. The molecule has 132 valence electrons. The van der Waals surface area contributed by atoms with Gasteiger partial charge in [0.05, 0.1) is 6.10 Å². The zero-order valence-electron chi connectivity index (χ0n) is 14.6. The Balaban J connectivity index is 3.45. The highest BCUT2D eigenvalue weighted by Gasteiger charge is 1.96. The highest BCUT2D eigenvalue weighted by molar-refractivity contribution is 5.66. The van der Waals surface area contributed by atoms with E-state index in [-0.39, 0.29) is 6.10 Å². The first-order valence-electron chi connectivity index (χ1n) is 9.05. The van der Waals surface area contributed by atoms with Crippen molar-refractivity contribution in [3.05, 3.63) is 36.5 Å². The highest BCUT2D eigenvalue weighted by atomic mass is 16.4. The van der Waals surface area contributed by atoms with E-state index in [2.05, 4.69) is 25.2 Å². The number of aliphatic hydroxyl groups is 1. The second kappa shape index (κ2) is 17.0. The zero-order valence-corrected chi connectivity index (χ0v) is 14.6. The van der Waals surface area contributed by atoms with Crippen molar-refractivity contribution in [3.63, 3.8) is 0 Å². The molecule has 0 aliphatic heterocycles. The van der Waals surface area contributed by atoms with Crippen molar-refractivity contribution in [1.29, 1.82) is 0 Å². The maximum Gasteiger partial charge on any atom is 0.303 e. The van der Waals surface area contributed by atoms with Crippen molar-refractivity contribution in [2.75, 3.05) is 0 Å². The normalized spacial score (nSPS) is 13.5. The van der Waals surface area contributed by atoms with Crippen LogP contribution in [0.2, 0.25) is 0 Å². The second-order valence-corrected chi connectivity index (χ2v) is 5.93. The first-order chi connectivity index (χ1) is 11.2.